The molecule has 2 aliphatic rings. The number of thioether (sulfide) groups is 1. The van der Waals surface area contributed by atoms with Gasteiger partial charge in [0.05, 0.1) is 0 Å². The maximum absolute atomic E-state index is 11.3. The molecule has 1 saturated heterocycles. The summed E-state index contributed by atoms with van der Waals surface area (Å²) in [7, 11) is 0. The summed E-state index contributed by atoms with van der Waals surface area (Å²) in [5.74, 6) is 0.159. The van der Waals surface area contributed by atoms with Crippen LogP contribution in [0.5, 0.6) is 0 Å². The Kier molecular flexibility index (Phi) is 2.51. The van der Waals surface area contributed by atoms with E-state index in [-0.39, 0.29) is 11.9 Å². The molecule has 0 aromatic carbocycles. The molecular formula is C9H16N2OS. The fourth-order valence-electron chi connectivity index (χ4n) is 2.22. The first-order chi connectivity index (χ1) is 6.22. The van der Waals surface area contributed by atoms with E-state index in [2.05, 4.69) is 6.26 Å². The Morgan fingerprint density at radius 2 is 2.31 bits per heavy atom. The summed E-state index contributed by atoms with van der Waals surface area (Å²) >= 11 is 1.92. The zero-order chi connectivity index (χ0) is 9.42. The first kappa shape index (κ1) is 9.34. The largest absolute Gasteiger partial charge is 0.336 e. The summed E-state index contributed by atoms with van der Waals surface area (Å²) in [4.78, 5) is 13.3. The van der Waals surface area contributed by atoms with Gasteiger partial charge in [0.15, 0.2) is 0 Å². The van der Waals surface area contributed by atoms with Crippen molar-refractivity contribution in [3.8, 4) is 0 Å². The van der Waals surface area contributed by atoms with E-state index in [4.69, 9.17) is 5.73 Å². The first-order valence-electron chi connectivity index (χ1n) is 4.81. The number of hydrogen-bond acceptors (Lipinski definition) is 3. The molecule has 1 saturated carbocycles. The van der Waals surface area contributed by atoms with Gasteiger partial charge in [-0.3, -0.25) is 4.79 Å². The lowest BCUT2D eigenvalue weighted by molar-refractivity contribution is -0.145. The second-order valence-corrected chi connectivity index (χ2v) is 5.06. The van der Waals surface area contributed by atoms with Crippen molar-refractivity contribution in [2.45, 2.75) is 36.6 Å². The van der Waals surface area contributed by atoms with E-state index in [9.17, 15) is 4.79 Å². The van der Waals surface area contributed by atoms with Gasteiger partial charge < -0.3 is 10.6 Å². The fraction of sp³-hybridized carbons (Fsp3) is 0.889. The van der Waals surface area contributed by atoms with Crippen LogP contribution in [0.25, 0.3) is 0 Å². The van der Waals surface area contributed by atoms with E-state index in [1.54, 1.807) is 0 Å². The van der Waals surface area contributed by atoms with Gasteiger partial charge in [0.2, 0.25) is 5.91 Å². The maximum Gasteiger partial charge on any atom is 0.241 e. The van der Waals surface area contributed by atoms with Crippen LogP contribution in [0, 0.1) is 0 Å². The molecule has 3 unspecified atom stereocenters. The van der Waals surface area contributed by atoms with Crippen molar-refractivity contribution in [3.05, 3.63) is 0 Å². The predicted molar refractivity (Wildman–Crippen MR) is 54.6 cm³/mol. The first-order valence-corrected chi connectivity index (χ1v) is 6.10. The number of carbonyl (C=O) groups excluding carboxylic acids is 1. The average Bonchev–Trinajstić information content (AvgIpc) is 2.61. The Balaban J connectivity index is 1.87. The molecule has 1 heterocycles. The minimum atomic E-state index is -0.201. The highest BCUT2D eigenvalue weighted by atomic mass is 32.2. The quantitative estimate of drug-likeness (QED) is 0.658. The lowest BCUT2D eigenvalue weighted by Gasteiger charge is -2.40. The Morgan fingerprint density at radius 3 is 2.77 bits per heavy atom. The van der Waals surface area contributed by atoms with Crippen molar-refractivity contribution in [1.29, 1.82) is 0 Å². The van der Waals surface area contributed by atoms with Crippen molar-refractivity contribution < 1.29 is 4.79 Å². The Morgan fingerprint density at radius 1 is 1.54 bits per heavy atom. The number of carbonyl (C=O) groups is 1. The summed E-state index contributed by atoms with van der Waals surface area (Å²) in [6.45, 7) is 0.782. The van der Waals surface area contributed by atoms with Crippen LogP contribution in [-0.4, -0.2) is 40.9 Å². The molecule has 3 nitrogen and oxygen atoms in total. The minimum Gasteiger partial charge on any atom is -0.336 e. The van der Waals surface area contributed by atoms with E-state index >= 15 is 0 Å². The zero-order valence-electron chi connectivity index (χ0n) is 7.90. The molecular weight excluding hydrogens is 184 g/mol. The molecule has 1 aliphatic heterocycles. The SMILES string of the molecule is CSC1CCC(N2CC(N)C2=O)C1. The Labute approximate surface area is 83.0 Å². The molecule has 4 heteroatoms. The van der Waals surface area contributed by atoms with Crippen molar-refractivity contribution >= 4 is 17.7 Å². The van der Waals surface area contributed by atoms with Crippen molar-refractivity contribution in [2.75, 3.05) is 12.8 Å². The molecule has 3 atom stereocenters. The highest BCUT2D eigenvalue weighted by Gasteiger charge is 2.40. The van der Waals surface area contributed by atoms with Crippen molar-refractivity contribution in [1.82, 2.24) is 4.90 Å². The third kappa shape index (κ3) is 1.57. The minimum absolute atomic E-state index is 0.159. The molecule has 0 radical (unpaired) electrons. The zero-order valence-corrected chi connectivity index (χ0v) is 8.72. The van der Waals surface area contributed by atoms with Crippen LogP contribution in [0.3, 0.4) is 0 Å². The van der Waals surface area contributed by atoms with Gasteiger partial charge in [-0.2, -0.15) is 11.8 Å². The average molecular weight is 200 g/mol. The highest BCUT2D eigenvalue weighted by Crippen LogP contribution is 2.33. The summed E-state index contributed by atoms with van der Waals surface area (Å²) in [5.41, 5.74) is 5.55. The van der Waals surface area contributed by atoms with Crippen LogP contribution >= 0.6 is 11.8 Å². The van der Waals surface area contributed by atoms with Gasteiger partial charge in [0.25, 0.3) is 0 Å². The van der Waals surface area contributed by atoms with Gasteiger partial charge in [-0.25, -0.2) is 0 Å². The second kappa shape index (κ2) is 3.50. The molecule has 1 amide bonds. The number of hydrogen-bond donors (Lipinski definition) is 1. The monoisotopic (exact) mass is 200 g/mol. The third-order valence-electron chi connectivity index (χ3n) is 3.12. The normalized spacial score (nSPS) is 39.4. The van der Waals surface area contributed by atoms with E-state index in [1.807, 2.05) is 16.7 Å². The number of β-lactam (4-membered cyclic amide) rings is 1. The molecule has 0 spiro atoms. The van der Waals surface area contributed by atoms with Gasteiger partial charge in [0.1, 0.15) is 6.04 Å². The van der Waals surface area contributed by atoms with Gasteiger partial charge >= 0.3 is 0 Å². The molecule has 0 bridgehead atoms. The van der Waals surface area contributed by atoms with Crippen LogP contribution in [0.15, 0.2) is 0 Å². The number of amides is 1. The number of rotatable bonds is 2. The van der Waals surface area contributed by atoms with Crippen molar-refractivity contribution in [2.24, 2.45) is 5.73 Å². The Hall–Kier alpha value is -0.220. The standard InChI is InChI=1S/C9H16N2OS/c1-13-7-3-2-6(4-7)11-5-8(10)9(11)12/h6-8H,2-5,10H2,1H3. The number of likely N-dealkylation sites (tertiary alicyclic amines) is 1. The second-order valence-electron chi connectivity index (χ2n) is 3.92. The fourth-order valence-corrected chi connectivity index (χ4v) is 3.01. The molecule has 0 aromatic rings. The molecule has 13 heavy (non-hydrogen) atoms. The van der Waals surface area contributed by atoms with Crippen LogP contribution in [0.4, 0.5) is 0 Å². The van der Waals surface area contributed by atoms with E-state index in [1.165, 1.54) is 19.3 Å². The number of nitrogens with zero attached hydrogens (tertiary/aromatic N) is 1. The highest BCUT2D eigenvalue weighted by molar-refractivity contribution is 7.99. The number of nitrogens with two attached hydrogens (primary N) is 1. The van der Waals surface area contributed by atoms with Crippen LogP contribution in [0.2, 0.25) is 0 Å². The smallest absolute Gasteiger partial charge is 0.241 e. The summed E-state index contributed by atoms with van der Waals surface area (Å²) in [5, 5.41) is 0.759. The van der Waals surface area contributed by atoms with E-state index in [0.29, 0.717) is 6.04 Å². The van der Waals surface area contributed by atoms with Gasteiger partial charge in [-0.1, -0.05) is 0 Å². The van der Waals surface area contributed by atoms with Crippen LogP contribution in [0.1, 0.15) is 19.3 Å². The van der Waals surface area contributed by atoms with Gasteiger partial charge in [-0.15, -0.1) is 0 Å². The van der Waals surface area contributed by atoms with E-state index < -0.39 is 0 Å². The predicted octanol–water partition coefficient (Wildman–Crippen LogP) is 0.440. The maximum atomic E-state index is 11.3. The van der Waals surface area contributed by atoms with Crippen LogP contribution < -0.4 is 5.73 Å². The molecule has 74 valence electrons. The Bertz CT molecular complexity index is 222. The third-order valence-corrected chi connectivity index (χ3v) is 4.22. The topological polar surface area (TPSA) is 46.3 Å². The molecule has 2 fully saturated rings. The summed E-state index contributed by atoms with van der Waals surface area (Å²) in [6, 6.07) is 0.290. The molecule has 2 rings (SSSR count). The molecule has 1 aliphatic carbocycles. The summed E-state index contributed by atoms with van der Waals surface area (Å²) in [6.07, 6.45) is 5.74. The lowest BCUT2D eigenvalue weighted by Crippen LogP contribution is -2.63. The molecule has 2 N–H and O–H groups in total. The lowest BCUT2D eigenvalue weighted by atomic mass is 10.0. The van der Waals surface area contributed by atoms with Crippen LogP contribution in [-0.2, 0) is 4.79 Å². The van der Waals surface area contributed by atoms with E-state index in [0.717, 1.165) is 11.8 Å². The van der Waals surface area contributed by atoms with Gasteiger partial charge in [-0.05, 0) is 25.5 Å². The van der Waals surface area contributed by atoms with Gasteiger partial charge in [0, 0.05) is 17.8 Å². The van der Waals surface area contributed by atoms with Crippen molar-refractivity contribution in [3.63, 3.8) is 0 Å². The summed E-state index contributed by atoms with van der Waals surface area (Å²) < 4.78 is 0. The molecule has 0 aromatic heterocycles.